The van der Waals surface area contributed by atoms with Gasteiger partial charge in [0.05, 0.1) is 18.3 Å². The van der Waals surface area contributed by atoms with E-state index in [0.717, 1.165) is 25.5 Å². The van der Waals surface area contributed by atoms with Crippen LogP contribution in [0.3, 0.4) is 0 Å². The van der Waals surface area contributed by atoms with Crippen molar-refractivity contribution in [2.45, 2.75) is 12.5 Å². The highest BCUT2D eigenvalue weighted by Gasteiger charge is 2.24. The summed E-state index contributed by atoms with van der Waals surface area (Å²) in [6.07, 6.45) is 0.725. The molecule has 2 N–H and O–H groups in total. The van der Waals surface area contributed by atoms with Crippen LogP contribution in [0, 0.1) is 10.1 Å². The molecule has 0 spiro atoms. The topological polar surface area (TPSA) is 136 Å². The Labute approximate surface area is 120 Å². The van der Waals surface area contributed by atoms with E-state index in [2.05, 4.69) is 9.46 Å². The van der Waals surface area contributed by atoms with Crippen LogP contribution in [-0.4, -0.2) is 43.8 Å². The van der Waals surface area contributed by atoms with Crippen LogP contribution in [0.1, 0.15) is 5.56 Å². The van der Waals surface area contributed by atoms with Gasteiger partial charge in [-0.3, -0.25) is 14.9 Å². The summed E-state index contributed by atoms with van der Waals surface area (Å²) < 4.78 is 29.0. The lowest BCUT2D eigenvalue weighted by atomic mass is 10.1. The molecule has 21 heavy (non-hydrogen) atoms. The van der Waals surface area contributed by atoms with Gasteiger partial charge in [0.15, 0.2) is 5.75 Å². The van der Waals surface area contributed by atoms with E-state index >= 15 is 0 Å². The highest BCUT2D eigenvalue weighted by molar-refractivity contribution is 7.88. The molecule has 0 fully saturated rings. The zero-order valence-corrected chi connectivity index (χ0v) is 12.1. The minimum absolute atomic E-state index is 0.152. The second kappa shape index (κ2) is 6.50. The fraction of sp³-hybridized carbons (Fsp3) is 0.364. The van der Waals surface area contributed by atoms with Crippen molar-refractivity contribution in [2.24, 2.45) is 0 Å². The molecule has 0 unspecified atom stereocenters. The van der Waals surface area contributed by atoms with Crippen LogP contribution < -0.4 is 4.72 Å². The van der Waals surface area contributed by atoms with Gasteiger partial charge in [0.2, 0.25) is 10.0 Å². The van der Waals surface area contributed by atoms with E-state index in [9.17, 15) is 28.4 Å². The Morgan fingerprint density at radius 2 is 2.14 bits per heavy atom. The Bertz CT molecular complexity index is 657. The number of hydrogen-bond donors (Lipinski definition) is 2. The minimum Gasteiger partial charge on any atom is -0.502 e. The van der Waals surface area contributed by atoms with Crippen LogP contribution in [0.2, 0.25) is 0 Å². The Balaban J connectivity index is 3.06. The zero-order chi connectivity index (χ0) is 16.2. The van der Waals surface area contributed by atoms with Crippen molar-refractivity contribution in [1.29, 1.82) is 0 Å². The molecule has 1 rings (SSSR count). The molecule has 0 amide bonds. The Morgan fingerprint density at radius 1 is 1.52 bits per heavy atom. The fourth-order valence-electron chi connectivity index (χ4n) is 1.65. The van der Waals surface area contributed by atoms with Gasteiger partial charge in [0.1, 0.15) is 6.04 Å². The molecule has 0 aromatic heterocycles. The van der Waals surface area contributed by atoms with E-state index in [1.165, 1.54) is 6.07 Å². The van der Waals surface area contributed by atoms with E-state index < -0.39 is 38.4 Å². The molecule has 0 saturated carbocycles. The Morgan fingerprint density at radius 3 is 2.62 bits per heavy atom. The first-order valence-electron chi connectivity index (χ1n) is 5.65. The van der Waals surface area contributed by atoms with Gasteiger partial charge >= 0.3 is 11.7 Å². The number of nitrogens with one attached hydrogen (secondary N) is 1. The van der Waals surface area contributed by atoms with Crippen LogP contribution in [0.4, 0.5) is 5.69 Å². The number of carbonyl (C=O) groups is 1. The molecule has 1 aromatic carbocycles. The van der Waals surface area contributed by atoms with Crippen LogP contribution >= 0.6 is 0 Å². The predicted octanol–water partition coefficient (Wildman–Crippen LogP) is -0.0663. The molecule has 0 saturated heterocycles. The average molecular weight is 318 g/mol. The van der Waals surface area contributed by atoms with E-state index in [4.69, 9.17) is 0 Å². The summed E-state index contributed by atoms with van der Waals surface area (Å²) in [6.45, 7) is 0. The average Bonchev–Trinajstić information content (AvgIpc) is 2.37. The first-order chi connectivity index (χ1) is 9.64. The third-order valence-electron chi connectivity index (χ3n) is 2.52. The van der Waals surface area contributed by atoms with Gasteiger partial charge < -0.3 is 9.84 Å². The number of phenols is 1. The number of esters is 1. The largest absolute Gasteiger partial charge is 0.502 e. The quantitative estimate of drug-likeness (QED) is 0.426. The Kier molecular flexibility index (Phi) is 5.22. The normalized spacial score (nSPS) is 12.7. The van der Waals surface area contributed by atoms with Crippen LogP contribution in [0.25, 0.3) is 0 Å². The van der Waals surface area contributed by atoms with Crippen LogP contribution in [0.5, 0.6) is 5.75 Å². The van der Waals surface area contributed by atoms with E-state index in [1.807, 2.05) is 0 Å². The van der Waals surface area contributed by atoms with Crippen LogP contribution in [0.15, 0.2) is 18.2 Å². The van der Waals surface area contributed by atoms with Gasteiger partial charge in [-0.1, -0.05) is 6.07 Å². The van der Waals surface area contributed by atoms with Crippen molar-refractivity contribution in [2.75, 3.05) is 13.4 Å². The lowest BCUT2D eigenvalue weighted by Gasteiger charge is -2.15. The summed E-state index contributed by atoms with van der Waals surface area (Å²) in [5.41, 5.74) is -0.235. The molecule has 1 aromatic rings. The zero-order valence-electron chi connectivity index (χ0n) is 11.3. The molecule has 10 heteroatoms. The lowest BCUT2D eigenvalue weighted by Crippen LogP contribution is -2.42. The lowest BCUT2D eigenvalue weighted by molar-refractivity contribution is -0.385. The molecule has 9 nitrogen and oxygen atoms in total. The molecule has 0 bridgehead atoms. The summed E-state index contributed by atoms with van der Waals surface area (Å²) in [5, 5.41) is 20.1. The number of hydrogen-bond acceptors (Lipinski definition) is 7. The van der Waals surface area contributed by atoms with Gasteiger partial charge in [0, 0.05) is 6.07 Å². The molecular formula is C11H14N2O7S. The second-order valence-corrected chi connectivity index (χ2v) is 6.03. The minimum atomic E-state index is -3.67. The summed E-state index contributed by atoms with van der Waals surface area (Å²) in [6, 6.07) is 2.30. The molecule has 1 atom stereocenters. The molecule has 0 aliphatic rings. The van der Waals surface area contributed by atoms with Crippen LogP contribution in [-0.2, 0) is 26.0 Å². The number of aromatic hydroxyl groups is 1. The third kappa shape index (κ3) is 5.00. The highest BCUT2D eigenvalue weighted by Crippen LogP contribution is 2.26. The number of nitrogens with zero attached hydrogens (tertiary/aromatic N) is 1. The number of phenolic OH excluding ortho intramolecular Hbond substituents is 1. The van der Waals surface area contributed by atoms with E-state index in [-0.39, 0.29) is 6.42 Å². The molecule has 116 valence electrons. The first kappa shape index (κ1) is 16.9. The number of benzene rings is 1. The maximum Gasteiger partial charge on any atom is 0.324 e. The van der Waals surface area contributed by atoms with E-state index in [1.54, 1.807) is 0 Å². The first-order valence-corrected chi connectivity index (χ1v) is 7.54. The van der Waals surface area contributed by atoms with Crippen molar-refractivity contribution in [3.63, 3.8) is 0 Å². The molecule has 0 heterocycles. The predicted molar refractivity (Wildman–Crippen MR) is 72.2 cm³/mol. The SMILES string of the molecule is COC(=O)[C@H](Cc1ccc(O)c([N+](=O)[O-])c1)NS(C)(=O)=O. The smallest absolute Gasteiger partial charge is 0.324 e. The molecular weight excluding hydrogens is 304 g/mol. The summed E-state index contributed by atoms with van der Waals surface area (Å²) in [7, 11) is -2.57. The number of carbonyl (C=O) groups excluding carboxylic acids is 1. The highest BCUT2D eigenvalue weighted by atomic mass is 32.2. The van der Waals surface area contributed by atoms with Gasteiger partial charge in [0.25, 0.3) is 0 Å². The Hall–Kier alpha value is -2.20. The number of sulfonamides is 1. The maximum atomic E-state index is 11.5. The number of nitro groups is 1. The number of rotatable bonds is 6. The fourth-order valence-corrected chi connectivity index (χ4v) is 2.35. The molecule has 0 radical (unpaired) electrons. The second-order valence-electron chi connectivity index (χ2n) is 4.25. The summed E-state index contributed by atoms with van der Waals surface area (Å²) in [5.74, 6) is -1.34. The van der Waals surface area contributed by atoms with Crippen molar-refractivity contribution < 1.29 is 28.0 Å². The van der Waals surface area contributed by atoms with E-state index in [0.29, 0.717) is 5.56 Å². The maximum absolute atomic E-state index is 11.5. The monoisotopic (exact) mass is 318 g/mol. The number of ether oxygens (including phenoxy) is 1. The van der Waals surface area contributed by atoms with Gasteiger partial charge in [-0.2, -0.15) is 0 Å². The standard InChI is InChI=1S/C11H14N2O7S/c1-20-11(15)8(12-21(2,18)19)5-7-3-4-10(14)9(6-7)13(16)17/h3-4,6,8,12,14H,5H2,1-2H3/t8-/m0/s1. The summed E-state index contributed by atoms with van der Waals surface area (Å²) in [4.78, 5) is 21.5. The molecule has 0 aliphatic heterocycles. The van der Waals surface area contributed by atoms with Crippen molar-refractivity contribution >= 4 is 21.7 Å². The van der Waals surface area contributed by atoms with Gasteiger partial charge in [-0.05, 0) is 18.1 Å². The number of nitro benzene ring substituents is 1. The molecule has 0 aliphatic carbocycles. The van der Waals surface area contributed by atoms with Gasteiger partial charge in [-0.15, -0.1) is 0 Å². The third-order valence-corrected chi connectivity index (χ3v) is 3.23. The van der Waals surface area contributed by atoms with Crippen molar-refractivity contribution in [3.8, 4) is 5.75 Å². The number of methoxy groups -OCH3 is 1. The van der Waals surface area contributed by atoms with Crippen molar-refractivity contribution in [1.82, 2.24) is 4.72 Å². The summed E-state index contributed by atoms with van der Waals surface area (Å²) >= 11 is 0. The van der Waals surface area contributed by atoms with Gasteiger partial charge in [-0.25, -0.2) is 13.1 Å². The van der Waals surface area contributed by atoms with Crippen molar-refractivity contribution in [3.05, 3.63) is 33.9 Å².